The lowest BCUT2D eigenvalue weighted by Gasteiger charge is -2.38. The molecule has 7 heteroatoms. The summed E-state index contributed by atoms with van der Waals surface area (Å²) in [5, 5.41) is 0. The zero-order valence-corrected chi connectivity index (χ0v) is 17.8. The van der Waals surface area contributed by atoms with E-state index in [4.69, 9.17) is 14.2 Å². The Bertz CT molecular complexity index is 793. The highest BCUT2D eigenvalue weighted by molar-refractivity contribution is 6.03. The Balaban J connectivity index is 1.64. The molecule has 6 nitrogen and oxygen atoms in total. The number of likely N-dealkylation sites (tertiary alicyclic amines) is 1. The summed E-state index contributed by atoms with van der Waals surface area (Å²) in [6.45, 7) is 6.01. The van der Waals surface area contributed by atoms with Crippen LogP contribution in [0.5, 0.6) is 11.5 Å². The summed E-state index contributed by atoms with van der Waals surface area (Å²) in [4.78, 5) is 26.6. The lowest BCUT2D eigenvalue weighted by Crippen LogP contribution is -2.47. The number of carbonyl (C=O) groups excluding carboxylic acids is 2. The highest BCUT2D eigenvalue weighted by Crippen LogP contribution is 2.42. The van der Waals surface area contributed by atoms with Crippen LogP contribution in [0.2, 0.25) is 0 Å². The molecule has 0 N–H and O–H groups in total. The number of ketones is 1. The Kier molecular flexibility index (Phi) is 5.79. The van der Waals surface area contributed by atoms with E-state index in [0.717, 1.165) is 5.56 Å². The first-order valence-corrected chi connectivity index (χ1v) is 10.0. The van der Waals surface area contributed by atoms with Crippen LogP contribution in [0.1, 0.15) is 56.0 Å². The molecule has 0 spiro atoms. The lowest BCUT2D eigenvalue weighted by atomic mass is 9.83. The minimum absolute atomic E-state index is 0.0486. The molecule has 1 amide bonds. The van der Waals surface area contributed by atoms with E-state index in [9.17, 15) is 9.59 Å². The van der Waals surface area contributed by atoms with Crippen LogP contribution in [0.15, 0.2) is 12.1 Å². The van der Waals surface area contributed by atoms with Gasteiger partial charge in [0.25, 0.3) is 0 Å². The second-order valence-corrected chi connectivity index (χ2v) is 8.95. The third-order valence-corrected chi connectivity index (χ3v) is 5.64. The average molecular weight is 407 g/mol. The van der Waals surface area contributed by atoms with E-state index in [0.29, 0.717) is 36.6 Å². The summed E-state index contributed by atoms with van der Waals surface area (Å²) < 4.78 is 31.5. The Morgan fingerprint density at radius 3 is 2.31 bits per heavy atom. The third kappa shape index (κ3) is 4.65. The van der Waals surface area contributed by atoms with Crippen molar-refractivity contribution in [1.29, 1.82) is 0 Å². The number of ether oxygens (including phenoxy) is 3. The summed E-state index contributed by atoms with van der Waals surface area (Å²) in [5.74, 6) is 0.619. The number of halogens is 1. The van der Waals surface area contributed by atoms with Gasteiger partial charge >= 0.3 is 6.09 Å². The Hall–Kier alpha value is -2.31. The van der Waals surface area contributed by atoms with E-state index in [-0.39, 0.29) is 25.0 Å². The van der Waals surface area contributed by atoms with Gasteiger partial charge in [-0.05, 0) is 64.2 Å². The predicted molar refractivity (Wildman–Crippen MR) is 107 cm³/mol. The maximum atomic E-state index is 15.5. The third-order valence-electron chi connectivity index (χ3n) is 5.64. The van der Waals surface area contributed by atoms with Crippen LogP contribution in [0, 0.1) is 5.92 Å². The summed E-state index contributed by atoms with van der Waals surface area (Å²) >= 11 is 0. The summed E-state index contributed by atoms with van der Waals surface area (Å²) in [6.07, 6.45) is 0.657. The Labute approximate surface area is 171 Å². The van der Waals surface area contributed by atoms with Gasteiger partial charge < -0.3 is 19.1 Å². The molecule has 1 aliphatic heterocycles. The van der Waals surface area contributed by atoms with Crippen molar-refractivity contribution in [3.8, 4) is 11.5 Å². The fourth-order valence-corrected chi connectivity index (χ4v) is 4.12. The molecule has 29 heavy (non-hydrogen) atoms. The molecule has 3 rings (SSSR count). The smallest absolute Gasteiger partial charge is 0.410 e. The fourth-order valence-electron chi connectivity index (χ4n) is 4.12. The number of hydrogen-bond acceptors (Lipinski definition) is 5. The number of Topliss-reactive ketones (excluding diaryl/α,β-unsaturated/α-hetero) is 1. The van der Waals surface area contributed by atoms with Gasteiger partial charge in [-0.15, -0.1) is 0 Å². The van der Waals surface area contributed by atoms with Gasteiger partial charge in [-0.1, -0.05) is 0 Å². The molecule has 0 radical (unpaired) electrons. The molecule has 1 atom stereocenters. The molecule has 1 aromatic carbocycles. The number of amides is 1. The molecular formula is C22H30FNO5. The molecule has 0 bridgehead atoms. The minimum Gasteiger partial charge on any atom is -0.493 e. The normalized spacial score (nSPS) is 21.0. The summed E-state index contributed by atoms with van der Waals surface area (Å²) in [6, 6.07) is 3.49. The molecule has 2 aliphatic rings. The van der Waals surface area contributed by atoms with E-state index in [1.54, 1.807) is 18.1 Å². The topological polar surface area (TPSA) is 65.1 Å². The van der Waals surface area contributed by atoms with Crippen LogP contribution in [0.25, 0.3) is 0 Å². The Morgan fingerprint density at radius 1 is 1.17 bits per heavy atom. The monoisotopic (exact) mass is 407 g/mol. The van der Waals surface area contributed by atoms with Crippen molar-refractivity contribution in [2.75, 3.05) is 27.3 Å². The van der Waals surface area contributed by atoms with Crippen LogP contribution in [-0.4, -0.2) is 55.4 Å². The number of hydrogen-bond donors (Lipinski definition) is 0. The van der Waals surface area contributed by atoms with Crippen LogP contribution >= 0.6 is 0 Å². The van der Waals surface area contributed by atoms with E-state index in [1.165, 1.54) is 7.11 Å². The number of methoxy groups -OCH3 is 2. The second kappa shape index (κ2) is 7.84. The van der Waals surface area contributed by atoms with Crippen molar-refractivity contribution in [2.24, 2.45) is 5.92 Å². The summed E-state index contributed by atoms with van der Waals surface area (Å²) in [5.41, 5.74) is -0.588. The first kappa shape index (κ1) is 21.4. The van der Waals surface area contributed by atoms with Crippen molar-refractivity contribution in [2.45, 2.75) is 57.7 Å². The summed E-state index contributed by atoms with van der Waals surface area (Å²) in [7, 11) is 3.07. The van der Waals surface area contributed by atoms with E-state index >= 15 is 4.39 Å². The van der Waals surface area contributed by atoms with Crippen molar-refractivity contribution >= 4 is 11.9 Å². The first-order chi connectivity index (χ1) is 13.5. The maximum absolute atomic E-state index is 15.5. The van der Waals surface area contributed by atoms with E-state index < -0.39 is 23.3 Å². The van der Waals surface area contributed by atoms with Gasteiger partial charge in [-0.3, -0.25) is 4.79 Å². The fraction of sp³-hybridized carbons (Fsp3) is 0.636. The van der Waals surface area contributed by atoms with Crippen molar-refractivity contribution < 1.29 is 28.2 Å². The predicted octanol–water partition coefficient (Wildman–Crippen LogP) is 4.19. The van der Waals surface area contributed by atoms with Gasteiger partial charge in [0.1, 0.15) is 11.3 Å². The number of alkyl halides is 1. The van der Waals surface area contributed by atoms with Crippen LogP contribution in [-0.2, 0) is 11.2 Å². The number of nitrogens with zero attached hydrogens (tertiary/aromatic N) is 1. The van der Waals surface area contributed by atoms with Gasteiger partial charge in [0.05, 0.1) is 14.2 Å². The molecule has 1 fully saturated rings. The van der Waals surface area contributed by atoms with Crippen LogP contribution in [0.3, 0.4) is 0 Å². The van der Waals surface area contributed by atoms with Gasteiger partial charge in [-0.25, -0.2) is 9.18 Å². The van der Waals surface area contributed by atoms with Crippen molar-refractivity contribution in [3.63, 3.8) is 0 Å². The van der Waals surface area contributed by atoms with Crippen molar-refractivity contribution in [3.05, 3.63) is 23.3 Å². The lowest BCUT2D eigenvalue weighted by molar-refractivity contribution is -0.00187. The quantitative estimate of drug-likeness (QED) is 0.749. The number of fused-ring (bicyclic) bond motifs is 1. The largest absolute Gasteiger partial charge is 0.493 e. The van der Waals surface area contributed by atoms with E-state index in [1.807, 2.05) is 26.8 Å². The zero-order valence-electron chi connectivity index (χ0n) is 17.8. The molecular weight excluding hydrogens is 377 g/mol. The van der Waals surface area contributed by atoms with Gasteiger partial charge in [0.2, 0.25) is 0 Å². The average Bonchev–Trinajstić information content (AvgIpc) is 2.94. The molecule has 0 saturated carbocycles. The molecule has 1 heterocycles. The molecule has 0 aromatic heterocycles. The second-order valence-electron chi connectivity index (χ2n) is 8.95. The number of benzene rings is 1. The van der Waals surface area contributed by atoms with Crippen LogP contribution in [0.4, 0.5) is 9.18 Å². The molecule has 1 saturated heterocycles. The zero-order chi connectivity index (χ0) is 21.4. The van der Waals surface area contributed by atoms with Gasteiger partial charge in [-0.2, -0.15) is 0 Å². The minimum atomic E-state index is -1.46. The molecule has 1 aromatic rings. The van der Waals surface area contributed by atoms with E-state index in [2.05, 4.69) is 0 Å². The number of carbonyl (C=O) groups is 2. The SMILES string of the molecule is COc1cc2c(cc1OC)C(=O)C(CC1(F)CCN(C(=O)OC(C)(C)C)CC1)C2. The van der Waals surface area contributed by atoms with Crippen LogP contribution < -0.4 is 9.47 Å². The highest BCUT2D eigenvalue weighted by atomic mass is 19.1. The van der Waals surface area contributed by atoms with Gasteiger partial charge in [0, 0.05) is 24.6 Å². The Morgan fingerprint density at radius 2 is 1.76 bits per heavy atom. The molecule has 1 aliphatic carbocycles. The molecule has 1 unspecified atom stereocenters. The number of piperidine rings is 1. The van der Waals surface area contributed by atoms with Crippen molar-refractivity contribution in [1.82, 2.24) is 4.90 Å². The maximum Gasteiger partial charge on any atom is 0.410 e. The number of rotatable bonds is 4. The standard InChI is InChI=1S/C22H30FNO5/c1-21(2,3)29-20(26)24-8-6-22(23,7-9-24)13-15-10-14-11-17(27-4)18(28-5)12-16(14)19(15)25/h11-12,15H,6-10,13H2,1-5H3. The first-order valence-electron chi connectivity index (χ1n) is 10.0. The van der Waals surface area contributed by atoms with Gasteiger partial charge in [0.15, 0.2) is 17.3 Å². The highest BCUT2D eigenvalue weighted by Gasteiger charge is 2.43. The molecule has 160 valence electrons.